The Bertz CT molecular complexity index is 548. The summed E-state index contributed by atoms with van der Waals surface area (Å²) in [7, 11) is 3.36. The number of likely N-dealkylation sites (N-methyl/N-ethyl adjacent to an activating group) is 1. The van der Waals surface area contributed by atoms with Crippen molar-refractivity contribution in [2.75, 3.05) is 14.1 Å². The van der Waals surface area contributed by atoms with E-state index in [9.17, 15) is 9.59 Å². The van der Waals surface area contributed by atoms with E-state index in [2.05, 4.69) is 17.2 Å². The smallest absolute Gasteiger partial charge is 0.319 e. The van der Waals surface area contributed by atoms with Gasteiger partial charge in [0.05, 0.1) is 0 Å². The maximum Gasteiger partial charge on any atom is 0.319 e. The lowest BCUT2D eigenvalue weighted by Crippen LogP contribution is -2.52. The van der Waals surface area contributed by atoms with Crippen molar-refractivity contribution in [2.24, 2.45) is 0 Å². The van der Waals surface area contributed by atoms with Crippen molar-refractivity contribution in [3.8, 4) is 0 Å². The summed E-state index contributed by atoms with van der Waals surface area (Å²) in [6.45, 7) is 3.91. The van der Waals surface area contributed by atoms with Crippen molar-refractivity contribution in [1.82, 2.24) is 20.1 Å². The molecule has 6 nitrogen and oxygen atoms in total. The van der Waals surface area contributed by atoms with Crippen LogP contribution in [0.2, 0.25) is 0 Å². The number of nitrogens with zero attached hydrogens (tertiary/aromatic N) is 3. The summed E-state index contributed by atoms with van der Waals surface area (Å²) in [5.41, 5.74) is -0.224. The maximum atomic E-state index is 12.9. The highest BCUT2D eigenvalue weighted by molar-refractivity contribution is 5.95. The normalized spacial score (nSPS) is 24.7. The lowest BCUT2D eigenvalue weighted by Gasteiger charge is -2.35. The molecule has 1 N–H and O–H groups in total. The van der Waals surface area contributed by atoms with E-state index in [0.717, 1.165) is 24.8 Å². The molecule has 0 spiro atoms. The van der Waals surface area contributed by atoms with Crippen LogP contribution in [0.5, 0.6) is 0 Å². The van der Waals surface area contributed by atoms with Gasteiger partial charge in [0.15, 0.2) is 0 Å². The quantitative estimate of drug-likeness (QED) is 0.924. The fourth-order valence-electron chi connectivity index (χ4n) is 3.16. The van der Waals surface area contributed by atoms with Crippen molar-refractivity contribution in [2.45, 2.75) is 44.8 Å². The van der Waals surface area contributed by atoms with Crippen molar-refractivity contribution in [3.05, 3.63) is 30.1 Å². The van der Waals surface area contributed by atoms with Crippen molar-refractivity contribution in [3.63, 3.8) is 0 Å². The third kappa shape index (κ3) is 2.42. The third-order valence-electron chi connectivity index (χ3n) is 4.45. The molecule has 1 aromatic heterocycles. The minimum Gasteiger partial charge on any atom is -0.341 e. The summed E-state index contributed by atoms with van der Waals surface area (Å²) in [5, 5.41) is 2.67. The highest BCUT2D eigenvalue weighted by Gasteiger charge is 2.56. The molecule has 120 valence electrons. The lowest BCUT2D eigenvalue weighted by atomic mass is 9.91. The minimum absolute atomic E-state index is 0.0663. The predicted molar refractivity (Wildman–Crippen MR) is 84.0 cm³/mol. The molecule has 1 aliphatic rings. The van der Waals surface area contributed by atoms with E-state index in [0.29, 0.717) is 0 Å². The highest BCUT2D eigenvalue weighted by Crippen LogP contribution is 2.40. The standard InChI is InChI=1S/C16H24N4O2/c1-5-6-7-13-19(4)14(21)16(2,20(13)15(22)17-3)12-8-10-18-11-9-12/h8-11,13H,5-7H2,1-4H3,(H,17,22). The number of hydrogen-bond donors (Lipinski definition) is 1. The van der Waals surface area contributed by atoms with E-state index in [4.69, 9.17) is 0 Å². The molecule has 1 aromatic rings. The highest BCUT2D eigenvalue weighted by atomic mass is 16.2. The topological polar surface area (TPSA) is 65.5 Å². The SMILES string of the molecule is CCCCC1N(C)C(=O)C(C)(c2ccncc2)N1C(=O)NC. The lowest BCUT2D eigenvalue weighted by molar-refractivity contribution is -0.132. The van der Waals surface area contributed by atoms with Crippen molar-refractivity contribution < 1.29 is 9.59 Å². The molecule has 2 rings (SSSR count). The van der Waals surface area contributed by atoms with Crippen LogP contribution in [0.25, 0.3) is 0 Å². The number of amides is 3. The van der Waals surface area contributed by atoms with Gasteiger partial charge in [-0.1, -0.05) is 13.3 Å². The largest absolute Gasteiger partial charge is 0.341 e. The molecule has 3 amide bonds. The fraction of sp³-hybridized carbons (Fsp3) is 0.562. The molecule has 1 fully saturated rings. The molecular weight excluding hydrogens is 280 g/mol. The number of aromatic nitrogens is 1. The first-order valence-electron chi connectivity index (χ1n) is 7.67. The zero-order chi connectivity index (χ0) is 16.3. The van der Waals surface area contributed by atoms with E-state index < -0.39 is 5.54 Å². The van der Waals surface area contributed by atoms with Gasteiger partial charge in [-0.05, 0) is 37.5 Å². The van der Waals surface area contributed by atoms with Crippen molar-refractivity contribution in [1.29, 1.82) is 0 Å². The van der Waals surface area contributed by atoms with Gasteiger partial charge in [0.2, 0.25) is 0 Å². The Balaban J connectivity index is 2.50. The molecule has 1 aliphatic heterocycles. The van der Waals surface area contributed by atoms with Crippen LogP contribution in [-0.2, 0) is 10.3 Å². The molecule has 2 heterocycles. The van der Waals surface area contributed by atoms with Gasteiger partial charge in [0.1, 0.15) is 11.7 Å². The molecule has 0 aromatic carbocycles. The van der Waals surface area contributed by atoms with Gasteiger partial charge in [0.25, 0.3) is 5.91 Å². The summed E-state index contributed by atoms with van der Waals surface area (Å²) in [5.74, 6) is -0.0663. The average Bonchev–Trinajstić information content (AvgIpc) is 2.75. The van der Waals surface area contributed by atoms with Crippen LogP contribution >= 0.6 is 0 Å². The first kappa shape index (κ1) is 16.3. The van der Waals surface area contributed by atoms with Crippen LogP contribution in [0.15, 0.2) is 24.5 Å². The van der Waals surface area contributed by atoms with E-state index in [1.807, 2.05) is 6.92 Å². The van der Waals surface area contributed by atoms with E-state index >= 15 is 0 Å². The predicted octanol–water partition coefficient (Wildman–Crippen LogP) is 1.93. The van der Waals surface area contributed by atoms with E-state index in [-0.39, 0.29) is 18.1 Å². The van der Waals surface area contributed by atoms with Gasteiger partial charge < -0.3 is 10.2 Å². The number of urea groups is 1. The third-order valence-corrected chi connectivity index (χ3v) is 4.45. The van der Waals surface area contributed by atoms with Gasteiger partial charge in [-0.3, -0.25) is 14.7 Å². The van der Waals surface area contributed by atoms with Crippen LogP contribution < -0.4 is 5.32 Å². The second-order valence-electron chi connectivity index (χ2n) is 5.77. The van der Waals surface area contributed by atoms with Crippen LogP contribution in [0.4, 0.5) is 4.79 Å². The van der Waals surface area contributed by atoms with Gasteiger partial charge in [0, 0.05) is 26.5 Å². The van der Waals surface area contributed by atoms with Gasteiger partial charge in [-0.2, -0.15) is 0 Å². The maximum absolute atomic E-state index is 12.9. The first-order chi connectivity index (χ1) is 10.5. The first-order valence-corrected chi connectivity index (χ1v) is 7.67. The Labute approximate surface area is 131 Å². The van der Waals surface area contributed by atoms with E-state index in [1.54, 1.807) is 48.4 Å². The monoisotopic (exact) mass is 304 g/mol. The Morgan fingerprint density at radius 3 is 2.59 bits per heavy atom. The van der Waals surface area contributed by atoms with Crippen LogP contribution in [0.1, 0.15) is 38.7 Å². The zero-order valence-corrected chi connectivity index (χ0v) is 13.7. The second kappa shape index (κ2) is 6.34. The summed E-state index contributed by atoms with van der Waals surface area (Å²) in [4.78, 5) is 32.8. The number of carbonyl (C=O) groups is 2. The van der Waals surface area contributed by atoms with Gasteiger partial charge in [-0.25, -0.2) is 4.79 Å². The van der Waals surface area contributed by atoms with Crippen LogP contribution in [-0.4, -0.2) is 47.0 Å². The van der Waals surface area contributed by atoms with E-state index in [1.165, 1.54) is 0 Å². The van der Waals surface area contributed by atoms with Crippen LogP contribution in [0.3, 0.4) is 0 Å². The number of pyridine rings is 1. The number of carbonyl (C=O) groups excluding carboxylic acids is 2. The molecule has 0 saturated carbocycles. The zero-order valence-electron chi connectivity index (χ0n) is 13.7. The Hall–Kier alpha value is -2.11. The van der Waals surface area contributed by atoms with Crippen LogP contribution in [0, 0.1) is 0 Å². The summed E-state index contributed by atoms with van der Waals surface area (Å²) in [6, 6.07) is 3.35. The summed E-state index contributed by atoms with van der Waals surface area (Å²) >= 11 is 0. The number of rotatable bonds is 4. The minimum atomic E-state index is -1.00. The average molecular weight is 304 g/mol. The Morgan fingerprint density at radius 1 is 1.41 bits per heavy atom. The molecule has 0 bridgehead atoms. The molecule has 2 unspecified atom stereocenters. The molecule has 22 heavy (non-hydrogen) atoms. The number of nitrogens with one attached hydrogen (secondary N) is 1. The molecule has 0 aliphatic carbocycles. The number of hydrogen-bond acceptors (Lipinski definition) is 3. The molecule has 0 radical (unpaired) electrons. The Kier molecular flexibility index (Phi) is 4.68. The fourth-order valence-corrected chi connectivity index (χ4v) is 3.16. The van der Waals surface area contributed by atoms with Crippen molar-refractivity contribution >= 4 is 11.9 Å². The summed E-state index contributed by atoms with van der Waals surface area (Å²) in [6.07, 6.45) is 5.82. The number of unbranched alkanes of at least 4 members (excludes halogenated alkanes) is 1. The molecule has 6 heteroatoms. The molecule has 1 saturated heterocycles. The Morgan fingerprint density at radius 2 is 2.05 bits per heavy atom. The molecular formula is C16H24N4O2. The second-order valence-corrected chi connectivity index (χ2v) is 5.77. The summed E-state index contributed by atoms with van der Waals surface area (Å²) < 4.78 is 0. The van der Waals surface area contributed by atoms with Gasteiger partial charge >= 0.3 is 6.03 Å². The molecule has 2 atom stereocenters. The van der Waals surface area contributed by atoms with Gasteiger partial charge in [-0.15, -0.1) is 0 Å².